The van der Waals surface area contributed by atoms with E-state index in [1.165, 1.54) is 22.5 Å². The van der Waals surface area contributed by atoms with Crippen LogP contribution in [0.3, 0.4) is 0 Å². The lowest BCUT2D eigenvalue weighted by molar-refractivity contribution is -0.122. The summed E-state index contributed by atoms with van der Waals surface area (Å²) in [6.45, 7) is 2.89. The summed E-state index contributed by atoms with van der Waals surface area (Å²) in [7, 11) is 3.24. The highest BCUT2D eigenvalue weighted by Crippen LogP contribution is 2.36. The zero-order valence-corrected chi connectivity index (χ0v) is 22.3. The van der Waals surface area contributed by atoms with Crippen LogP contribution >= 0.6 is 11.8 Å². The van der Waals surface area contributed by atoms with E-state index in [-0.39, 0.29) is 5.91 Å². The molecule has 1 fully saturated rings. The Morgan fingerprint density at radius 2 is 1.68 bits per heavy atom. The van der Waals surface area contributed by atoms with E-state index in [9.17, 15) is 4.79 Å². The minimum Gasteiger partial charge on any atom is -0.497 e. The Morgan fingerprint density at radius 1 is 0.895 bits per heavy atom. The lowest BCUT2D eigenvalue weighted by Crippen LogP contribution is -2.28. The van der Waals surface area contributed by atoms with E-state index >= 15 is 0 Å². The number of carbonyl (C=O) groups excluding carboxylic acids is 1. The predicted molar refractivity (Wildman–Crippen MR) is 154 cm³/mol. The molecule has 5 rings (SSSR count). The molecule has 1 amide bonds. The first-order valence-electron chi connectivity index (χ1n) is 12.3. The molecule has 0 bridgehead atoms. The van der Waals surface area contributed by atoms with Crippen molar-refractivity contribution in [3.05, 3.63) is 101 Å². The Bertz CT molecular complexity index is 1520. The second-order valence-corrected chi connectivity index (χ2v) is 9.60. The second kappa shape index (κ2) is 11.4. The Hall–Kier alpha value is -4.23. The van der Waals surface area contributed by atoms with Crippen LogP contribution in [-0.2, 0) is 11.4 Å². The summed E-state index contributed by atoms with van der Waals surface area (Å²) in [5, 5.41) is 2.99. The van der Waals surface area contributed by atoms with Crippen LogP contribution in [0.5, 0.6) is 17.2 Å². The van der Waals surface area contributed by atoms with Gasteiger partial charge in [-0.1, -0.05) is 48.5 Å². The van der Waals surface area contributed by atoms with E-state index < -0.39 is 0 Å². The van der Waals surface area contributed by atoms with Crippen molar-refractivity contribution in [2.24, 2.45) is 4.99 Å². The van der Waals surface area contributed by atoms with Crippen LogP contribution in [0.4, 0.5) is 5.69 Å². The molecule has 6 nitrogen and oxygen atoms in total. The molecule has 0 aromatic heterocycles. The minimum atomic E-state index is -0.0694. The standard InChI is InChI=1S/C31H28N2O4S/c1-4-33-30(34)29(38-31(33)32-24-13-15-25(35-2)16-14-24)19-21-12-17-27(28(18-21)36-3)37-20-23-10-7-9-22-8-5-6-11-26(22)23/h5-19H,4,20H2,1-3H3/b29-19+,32-31?. The third kappa shape index (κ3) is 5.38. The van der Waals surface area contributed by atoms with Crippen molar-refractivity contribution in [2.75, 3.05) is 20.8 Å². The van der Waals surface area contributed by atoms with Crippen molar-refractivity contribution in [1.29, 1.82) is 0 Å². The van der Waals surface area contributed by atoms with Gasteiger partial charge in [-0.2, -0.15) is 0 Å². The molecule has 0 aliphatic carbocycles. The Balaban J connectivity index is 1.35. The predicted octanol–water partition coefficient (Wildman–Crippen LogP) is 7.06. The summed E-state index contributed by atoms with van der Waals surface area (Å²) < 4.78 is 17.0. The van der Waals surface area contributed by atoms with Gasteiger partial charge in [0.1, 0.15) is 12.4 Å². The number of likely N-dealkylation sites (N-methyl/N-ethyl adjacent to an activating group) is 1. The van der Waals surface area contributed by atoms with Gasteiger partial charge in [-0.3, -0.25) is 9.69 Å². The number of carbonyl (C=O) groups is 1. The maximum absolute atomic E-state index is 13.1. The number of nitrogens with zero attached hydrogens (tertiary/aromatic N) is 2. The Labute approximate surface area is 226 Å². The fourth-order valence-electron chi connectivity index (χ4n) is 4.26. The highest BCUT2D eigenvalue weighted by atomic mass is 32.2. The SMILES string of the molecule is CCN1C(=O)/C(=C\c2ccc(OCc3cccc4ccccc34)c(OC)c2)SC1=Nc1ccc(OC)cc1. The molecule has 192 valence electrons. The normalized spacial score (nSPS) is 15.4. The molecular formula is C31H28N2O4S. The second-order valence-electron chi connectivity index (χ2n) is 8.59. The Morgan fingerprint density at radius 3 is 2.45 bits per heavy atom. The highest BCUT2D eigenvalue weighted by molar-refractivity contribution is 8.18. The number of aliphatic imine (C=N–C) groups is 1. The summed E-state index contributed by atoms with van der Waals surface area (Å²) in [6, 6.07) is 27.6. The van der Waals surface area contributed by atoms with Crippen LogP contribution in [0.25, 0.3) is 16.8 Å². The van der Waals surface area contributed by atoms with E-state index in [0.717, 1.165) is 22.6 Å². The van der Waals surface area contributed by atoms with Crippen molar-refractivity contribution in [2.45, 2.75) is 13.5 Å². The summed E-state index contributed by atoms with van der Waals surface area (Å²) in [6.07, 6.45) is 1.86. The lowest BCUT2D eigenvalue weighted by atomic mass is 10.1. The molecule has 0 unspecified atom stereocenters. The van der Waals surface area contributed by atoms with Gasteiger partial charge >= 0.3 is 0 Å². The zero-order chi connectivity index (χ0) is 26.5. The van der Waals surface area contributed by atoms with Gasteiger partial charge in [-0.05, 0) is 83.1 Å². The van der Waals surface area contributed by atoms with Crippen molar-refractivity contribution in [3.63, 3.8) is 0 Å². The minimum absolute atomic E-state index is 0.0694. The number of rotatable bonds is 8. The van der Waals surface area contributed by atoms with Crippen LogP contribution in [-0.4, -0.2) is 36.7 Å². The largest absolute Gasteiger partial charge is 0.497 e. The molecule has 0 atom stereocenters. The van der Waals surface area contributed by atoms with Gasteiger partial charge in [0.25, 0.3) is 5.91 Å². The average Bonchev–Trinajstić information content (AvgIpc) is 3.25. The summed E-state index contributed by atoms with van der Waals surface area (Å²) >= 11 is 1.36. The number of hydrogen-bond donors (Lipinski definition) is 0. The molecule has 4 aromatic rings. The molecule has 0 N–H and O–H groups in total. The maximum atomic E-state index is 13.1. The van der Waals surface area contributed by atoms with Crippen LogP contribution in [0, 0.1) is 0 Å². The van der Waals surface area contributed by atoms with Gasteiger partial charge in [0.15, 0.2) is 16.7 Å². The summed E-state index contributed by atoms with van der Waals surface area (Å²) in [5.41, 5.74) is 2.71. The smallest absolute Gasteiger partial charge is 0.266 e. The molecule has 0 radical (unpaired) electrons. The summed E-state index contributed by atoms with van der Waals surface area (Å²) in [5.74, 6) is 1.94. The van der Waals surface area contributed by atoms with Crippen molar-refractivity contribution < 1.29 is 19.0 Å². The monoisotopic (exact) mass is 524 g/mol. The van der Waals surface area contributed by atoms with E-state index in [4.69, 9.17) is 19.2 Å². The first-order valence-corrected chi connectivity index (χ1v) is 13.1. The molecule has 7 heteroatoms. The van der Waals surface area contributed by atoms with Gasteiger partial charge in [0, 0.05) is 6.54 Å². The molecular weight excluding hydrogens is 496 g/mol. The molecule has 1 aliphatic rings. The van der Waals surface area contributed by atoms with Crippen LogP contribution in [0.2, 0.25) is 0 Å². The average molecular weight is 525 g/mol. The summed E-state index contributed by atoms with van der Waals surface area (Å²) in [4.78, 5) is 20.1. The van der Waals surface area contributed by atoms with E-state index in [1.54, 1.807) is 19.1 Å². The van der Waals surface area contributed by atoms with Gasteiger partial charge in [-0.25, -0.2) is 4.99 Å². The molecule has 1 saturated heterocycles. The number of amides is 1. The number of fused-ring (bicyclic) bond motifs is 1. The van der Waals surface area contributed by atoms with Crippen LogP contribution in [0.15, 0.2) is 94.8 Å². The first-order chi connectivity index (χ1) is 18.6. The van der Waals surface area contributed by atoms with Gasteiger partial charge in [-0.15, -0.1) is 0 Å². The number of amidine groups is 1. The van der Waals surface area contributed by atoms with E-state index in [1.807, 2.05) is 73.7 Å². The number of ether oxygens (including phenoxy) is 3. The first kappa shape index (κ1) is 25.4. The quantitative estimate of drug-likeness (QED) is 0.231. The van der Waals surface area contributed by atoms with Crippen molar-refractivity contribution >= 4 is 45.4 Å². The zero-order valence-electron chi connectivity index (χ0n) is 21.5. The van der Waals surface area contributed by atoms with Crippen LogP contribution in [0.1, 0.15) is 18.1 Å². The van der Waals surface area contributed by atoms with Gasteiger partial charge in [0.05, 0.1) is 24.8 Å². The molecule has 1 heterocycles. The lowest BCUT2D eigenvalue weighted by Gasteiger charge is -2.13. The topological polar surface area (TPSA) is 60.4 Å². The fraction of sp³-hybridized carbons (Fsp3) is 0.161. The molecule has 0 saturated carbocycles. The highest BCUT2D eigenvalue weighted by Gasteiger charge is 2.32. The van der Waals surface area contributed by atoms with Crippen LogP contribution < -0.4 is 14.2 Å². The Kier molecular flexibility index (Phi) is 7.65. The molecule has 0 spiro atoms. The number of benzene rings is 4. The molecule has 38 heavy (non-hydrogen) atoms. The number of thioether (sulfide) groups is 1. The maximum Gasteiger partial charge on any atom is 0.266 e. The third-order valence-electron chi connectivity index (χ3n) is 6.25. The third-order valence-corrected chi connectivity index (χ3v) is 7.26. The number of methoxy groups -OCH3 is 2. The molecule has 4 aromatic carbocycles. The molecule has 1 aliphatic heterocycles. The van der Waals surface area contributed by atoms with Crippen molar-refractivity contribution in [1.82, 2.24) is 4.90 Å². The van der Waals surface area contributed by atoms with Crippen molar-refractivity contribution in [3.8, 4) is 17.2 Å². The fourth-order valence-corrected chi connectivity index (χ4v) is 5.32. The van der Waals surface area contributed by atoms with Gasteiger partial charge < -0.3 is 14.2 Å². The van der Waals surface area contributed by atoms with Gasteiger partial charge in [0.2, 0.25) is 0 Å². The van der Waals surface area contributed by atoms with E-state index in [0.29, 0.717) is 34.7 Å². The number of hydrogen-bond acceptors (Lipinski definition) is 6. The van der Waals surface area contributed by atoms with E-state index in [2.05, 4.69) is 24.3 Å².